The average Bonchev–Trinajstić information content (AvgIpc) is 3.81. The van der Waals surface area contributed by atoms with Crippen LogP contribution in [0.3, 0.4) is 0 Å². The maximum Gasteiger partial charge on any atom is 0.407 e. The van der Waals surface area contributed by atoms with Crippen molar-refractivity contribution in [2.45, 2.75) is 69.0 Å². The standard InChI is InChI=1S/C33H46N4O9S2/c1-33(2,13-7-14-35-31(47)34-3)20-37(48(40,41)23-10-11-27-28(17-23)45-21-44-27)18-26(38)25(16-22-8-5-4-6-9-22)36-32(39)46-29-19-43-30-24(29)12-15-42-30/h4-6,8-11,17,24-26,29-30,38H,7,12-16,18-21H2,1-3H3,(H,36,39)(H2,34,35,47)/t24-,25-,26+,29-,30+/m0/s1. The number of aliphatic hydroxyl groups is 1. The second-order valence-electron chi connectivity index (χ2n) is 13.1. The van der Waals surface area contributed by atoms with Crippen molar-refractivity contribution in [3.63, 3.8) is 0 Å². The van der Waals surface area contributed by atoms with Crippen LogP contribution in [-0.4, -0.2) is 100 Å². The first-order valence-corrected chi connectivity index (χ1v) is 18.1. The monoisotopic (exact) mass is 706 g/mol. The van der Waals surface area contributed by atoms with Crippen molar-refractivity contribution in [3.8, 4) is 11.5 Å². The molecule has 2 aromatic carbocycles. The van der Waals surface area contributed by atoms with Gasteiger partial charge in [-0.3, -0.25) is 0 Å². The summed E-state index contributed by atoms with van der Waals surface area (Å²) in [5.74, 6) is 0.739. The summed E-state index contributed by atoms with van der Waals surface area (Å²) < 4.78 is 57.6. The first-order valence-electron chi connectivity index (χ1n) is 16.2. The molecule has 2 aromatic rings. The summed E-state index contributed by atoms with van der Waals surface area (Å²) in [4.78, 5) is 13.2. The van der Waals surface area contributed by atoms with Crippen LogP contribution in [0.25, 0.3) is 0 Å². The minimum atomic E-state index is -4.15. The summed E-state index contributed by atoms with van der Waals surface area (Å²) in [7, 11) is -2.40. The molecule has 0 aliphatic carbocycles. The molecule has 1 amide bonds. The van der Waals surface area contributed by atoms with E-state index in [0.29, 0.717) is 36.2 Å². The fourth-order valence-corrected chi connectivity index (χ4v) is 7.97. The van der Waals surface area contributed by atoms with Gasteiger partial charge in [0.05, 0.1) is 36.2 Å². The van der Waals surface area contributed by atoms with Crippen LogP contribution >= 0.6 is 12.2 Å². The Morgan fingerprint density at radius 3 is 2.69 bits per heavy atom. The molecule has 3 heterocycles. The Hall–Kier alpha value is -3.21. The van der Waals surface area contributed by atoms with E-state index in [1.165, 1.54) is 16.4 Å². The van der Waals surface area contributed by atoms with Crippen LogP contribution in [0, 0.1) is 11.3 Å². The zero-order chi connectivity index (χ0) is 34.3. The summed E-state index contributed by atoms with van der Waals surface area (Å²) in [6.07, 6.45) is -0.510. The lowest BCUT2D eigenvalue weighted by Gasteiger charge is -2.35. The third kappa shape index (κ3) is 9.27. The van der Waals surface area contributed by atoms with Crippen molar-refractivity contribution in [2.24, 2.45) is 11.3 Å². The largest absolute Gasteiger partial charge is 0.454 e. The number of sulfonamides is 1. The van der Waals surface area contributed by atoms with Crippen molar-refractivity contribution in [2.75, 3.05) is 46.7 Å². The second kappa shape index (κ2) is 16.0. The molecule has 48 heavy (non-hydrogen) atoms. The lowest BCUT2D eigenvalue weighted by molar-refractivity contribution is -0.0907. The van der Waals surface area contributed by atoms with Crippen LogP contribution in [0.1, 0.15) is 38.7 Å². The Labute approximate surface area is 287 Å². The molecule has 4 N–H and O–H groups in total. The molecule has 0 bridgehead atoms. The summed E-state index contributed by atoms with van der Waals surface area (Å²) in [6.45, 7) is 5.16. The SMILES string of the molecule is CNC(=S)NCCCC(C)(C)CN(C[C@@H](O)[C@H](Cc1ccccc1)NC(=O)O[C@H]1CO[C@H]2OCC[C@H]21)S(=O)(=O)c1ccc2c(c1)OCO2. The molecule has 264 valence electrons. The van der Waals surface area contributed by atoms with Crippen LogP contribution in [0.5, 0.6) is 11.5 Å². The normalized spacial score (nSPS) is 21.4. The molecule has 0 spiro atoms. The molecule has 2 fully saturated rings. The predicted molar refractivity (Wildman–Crippen MR) is 181 cm³/mol. The Bertz CT molecular complexity index is 1510. The van der Waals surface area contributed by atoms with E-state index in [1.807, 2.05) is 44.2 Å². The maximum atomic E-state index is 14.3. The highest BCUT2D eigenvalue weighted by molar-refractivity contribution is 7.89. The number of carbonyl (C=O) groups excluding carboxylic acids is 1. The van der Waals surface area contributed by atoms with Crippen LogP contribution in [-0.2, 0) is 30.7 Å². The molecular formula is C33H46N4O9S2. The van der Waals surface area contributed by atoms with Gasteiger partial charge in [0.2, 0.25) is 16.8 Å². The number of alkyl carbamates (subject to hydrolysis) is 1. The summed E-state index contributed by atoms with van der Waals surface area (Å²) in [5.41, 5.74) is 0.364. The van der Waals surface area contributed by atoms with Crippen molar-refractivity contribution in [1.82, 2.24) is 20.3 Å². The molecule has 0 unspecified atom stereocenters. The van der Waals surface area contributed by atoms with Gasteiger partial charge in [0.25, 0.3) is 0 Å². The Morgan fingerprint density at radius 1 is 1.15 bits per heavy atom. The highest BCUT2D eigenvalue weighted by atomic mass is 32.2. The molecular weight excluding hydrogens is 661 g/mol. The predicted octanol–water partition coefficient (Wildman–Crippen LogP) is 2.77. The molecule has 13 nitrogen and oxygen atoms in total. The molecule has 0 saturated carbocycles. The number of carbonyl (C=O) groups is 1. The van der Waals surface area contributed by atoms with Crippen LogP contribution in [0.2, 0.25) is 0 Å². The van der Waals surface area contributed by atoms with E-state index in [4.69, 9.17) is 35.9 Å². The molecule has 5 atom stereocenters. The molecule has 3 aliphatic heterocycles. The van der Waals surface area contributed by atoms with Gasteiger partial charge in [0, 0.05) is 32.7 Å². The molecule has 3 aliphatic rings. The number of rotatable bonds is 15. The van der Waals surface area contributed by atoms with Gasteiger partial charge in [-0.2, -0.15) is 4.31 Å². The molecule has 15 heteroatoms. The van der Waals surface area contributed by atoms with E-state index in [0.717, 1.165) is 18.4 Å². The van der Waals surface area contributed by atoms with E-state index in [2.05, 4.69) is 16.0 Å². The van der Waals surface area contributed by atoms with E-state index >= 15 is 0 Å². The third-order valence-electron chi connectivity index (χ3n) is 8.83. The topological polar surface area (TPSA) is 157 Å². The molecule has 2 saturated heterocycles. The Balaban J connectivity index is 1.35. The van der Waals surface area contributed by atoms with Crippen molar-refractivity contribution < 1.29 is 42.0 Å². The number of fused-ring (bicyclic) bond motifs is 2. The Morgan fingerprint density at radius 2 is 1.92 bits per heavy atom. The minimum Gasteiger partial charge on any atom is -0.454 e. The summed E-state index contributed by atoms with van der Waals surface area (Å²) in [6, 6.07) is 13.0. The highest BCUT2D eigenvalue weighted by Crippen LogP contribution is 2.36. The van der Waals surface area contributed by atoms with Gasteiger partial charge in [-0.05, 0) is 61.0 Å². The zero-order valence-electron chi connectivity index (χ0n) is 27.6. The third-order valence-corrected chi connectivity index (χ3v) is 11.0. The summed E-state index contributed by atoms with van der Waals surface area (Å²) >= 11 is 5.17. The quantitative estimate of drug-likeness (QED) is 0.159. The van der Waals surface area contributed by atoms with E-state index < -0.39 is 39.8 Å². The smallest absolute Gasteiger partial charge is 0.407 e. The van der Waals surface area contributed by atoms with Gasteiger partial charge < -0.3 is 44.7 Å². The maximum absolute atomic E-state index is 14.3. The van der Waals surface area contributed by atoms with Gasteiger partial charge in [-0.15, -0.1) is 0 Å². The van der Waals surface area contributed by atoms with Crippen LogP contribution in [0.15, 0.2) is 53.4 Å². The highest BCUT2D eigenvalue weighted by Gasteiger charge is 2.44. The molecule has 0 aromatic heterocycles. The number of ether oxygens (including phenoxy) is 5. The van der Waals surface area contributed by atoms with Gasteiger partial charge in [0.15, 0.2) is 22.9 Å². The summed E-state index contributed by atoms with van der Waals surface area (Å²) in [5, 5.41) is 21.1. The number of hydrogen-bond acceptors (Lipinski definition) is 10. The number of nitrogens with zero attached hydrogens (tertiary/aromatic N) is 1. The number of hydrogen-bond donors (Lipinski definition) is 4. The van der Waals surface area contributed by atoms with Crippen molar-refractivity contribution in [1.29, 1.82) is 0 Å². The van der Waals surface area contributed by atoms with Gasteiger partial charge in [0.1, 0.15) is 6.10 Å². The van der Waals surface area contributed by atoms with Gasteiger partial charge in [-0.1, -0.05) is 44.2 Å². The zero-order valence-corrected chi connectivity index (χ0v) is 29.2. The number of amides is 1. The van der Waals surface area contributed by atoms with Crippen molar-refractivity contribution in [3.05, 3.63) is 54.1 Å². The number of benzene rings is 2. The molecule has 0 radical (unpaired) electrons. The fourth-order valence-electron chi connectivity index (χ4n) is 6.21. The minimum absolute atomic E-state index is 0.00363. The second-order valence-corrected chi connectivity index (χ2v) is 15.4. The first-order chi connectivity index (χ1) is 22.9. The first kappa shape index (κ1) is 36.1. The van der Waals surface area contributed by atoms with E-state index in [9.17, 15) is 18.3 Å². The van der Waals surface area contributed by atoms with Crippen LogP contribution in [0.4, 0.5) is 4.79 Å². The average molecular weight is 707 g/mol. The Kier molecular flexibility index (Phi) is 12.0. The van der Waals surface area contributed by atoms with Crippen LogP contribution < -0.4 is 25.4 Å². The lowest BCUT2D eigenvalue weighted by atomic mass is 9.87. The van der Waals surface area contributed by atoms with E-state index in [1.54, 1.807) is 13.1 Å². The number of thiocarbonyl (C=S) groups is 1. The number of nitrogens with one attached hydrogen (secondary N) is 3. The van der Waals surface area contributed by atoms with Crippen molar-refractivity contribution >= 4 is 33.4 Å². The van der Waals surface area contributed by atoms with Gasteiger partial charge >= 0.3 is 6.09 Å². The van der Waals surface area contributed by atoms with E-state index in [-0.39, 0.29) is 50.0 Å². The lowest BCUT2D eigenvalue weighted by Crippen LogP contribution is -2.52. The van der Waals surface area contributed by atoms with Gasteiger partial charge in [-0.25, -0.2) is 13.2 Å². The fraction of sp³-hybridized carbons (Fsp3) is 0.576. The molecule has 5 rings (SSSR count). The number of aliphatic hydroxyl groups excluding tert-OH is 1.